The first-order chi connectivity index (χ1) is 8.24. The lowest BCUT2D eigenvalue weighted by molar-refractivity contribution is -0.148. The molecule has 1 aromatic carbocycles. The summed E-state index contributed by atoms with van der Waals surface area (Å²) in [4.78, 5) is 23.7. The van der Waals surface area contributed by atoms with Gasteiger partial charge in [0.05, 0.1) is 5.56 Å². The fourth-order valence-corrected chi connectivity index (χ4v) is 1.71. The van der Waals surface area contributed by atoms with Crippen LogP contribution in [-0.2, 0) is 9.53 Å². The Hall–Kier alpha value is -1.11. The molecule has 0 N–H and O–H groups in total. The van der Waals surface area contributed by atoms with Gasteiger partial charge in [0.15, 0.2) is 23.0 Å². The fourth-order valence-electron chi connectivity index (χ4n) is 1.32. The van der Waals surface area contributed by atoms with Gasteiger partial charge in [-0.05, 0) is 39.8 Å². The smallest absolute Gasteiger partial charge is 0.380 e. The Labute approximate surface area is 120 Å². The van der Waals surface area contributed by atoms with Crippen LogP contribution in [0.1, 0.15) is 36.7 Å². The molecule has 0 bridgehead atoms. The van der Waals surface area contributed by atoms with Gasteiger partial charge in [-0.1, -0.05) is 11.6 Å². The Morgan fingerprint density at radius 3 is 2.33 bits per heavy atom. The molecule has 0 spiro atoms. The van der Waals surface area contributed by atoms with Crippen LogP contribution in [0.2, 0.25) is 0 Å². The summed E-state index contributed by atoms with van der Waals surface area (Å²) in [5, 5.41) is 0. The van der Waals surface area contributed by atoms with Crippen LogP contribution in [0.25, 0.3) is 0 Å². The van der Waals surface area contributed by atoms with Crippen molar-refractivity contribution in [3.8, 4) is 5.75 Å². The number of carbonyl (C=O) groups is 2. The predicted molar refractivity (Wildman–Crippen MR) is 76.0 cm³/mol. The molecule has 0 atom stereocenters. The minimum absolute atomic E-state index is 0.221. The van der Waals surface area contributed by atoms with Crippen molar-refractivity contribution in [2.24, 2.45) is 0 Å². The van der Waals surface area contributed by atoms with E-state index in [1.54, 1.807) is 62.0 Å². The number of ether oxygens (including phenoxy) is 1. The van der Waals surface area contributed by atoms with Crippen molar-refractivity contribution in [3.63, 3.8) is 0 Å². The molecule has 4 nitrogen and oxygen atoms in total. The fraction of sp³-hybridized carbons (Fsp3) is 0.385. The molecule has 0 saturated heterocycles. The molecule has 1 rings (SSSR count). The van der Waals surface area contributed by atoms with Gasteiger partial charge in [-0.2, -0.15) is 0 Å². The third-order valence-corrected chi connectivity index (χ3v) is 2.52. The van der Waals surface area contributed by atoms with Gasteiger partial charge in [-0.15, -0.1) is 0 Å². The largest absolute Gasteiger partial charge is 0.454 e. The number of carbonyl (C=O) groups excluding carboxylic acids is 2. The summed E-state index contributed by atoms with van der Waals surface area (Å²) in [6, 6.07) is 5.07. The Morgan fingerprint density at radius 1 is 1.22 bits per heavy atom. The summed E-state index contributed by atoms with van der Waals surface area (Å²) >= 11 is 1.67. The number of halogens is 1. The van der Waals surface area contributed by atoms with E-state index in [1.165, 1.54) is 0 Å². The Bertz CT molecular complexity index is 474. The maximum Gasteiger partial charge on any atom is 0.380 e. The van der Waals surface area contributed by atoms with Crippen molar-refractivity contribution < 1.29 is 17.4 Å². The maximum atomic E-state index is 12.0. The van der Waals surface area contributed by atoms with Crippen molar-refractivity contribution in [1.29, 1.82) is 0 Å². The minimum atomic E-state index is -0.872. The predicted octanol–water partition coefficient (Wildman–Crippen LogP) is 3.25. The van der Waals surface area contributed by atoms with E-state index in [9.17, 15) is 9.59 Å². The number of aryl methyl sites for hydroxylation is 1. The molecule has 0 aliphatic heterocycles. The van der Waals surface area contributed by atoms with E-state index in [2.05, 4.69) is 0 Å². The lowest BCUT2D eigenvalue weighted by Crippen LogP contribution is -2.29. The van der Waals surface area contributed by atoms with Crippen LogP contribution < -0.4 is 3.07 Å². The SMILES string of the molecule is Cc1ccc(OI)c(C(=O)C(=O)OC(C)(C)C)c1. The van der Waals surface area contributed by atoms with Crippen LogP contribution in [-0.4, -0.2) is 17.4 Å². The number of esters is 1. The number of benzene rings is 1. The summed E-state index contributed by atoms with van der Waals surface area (Å²) in [6.07, 6.45) is 0. The number of hydrogen-bond acceptors (Lipinski definition) is 4. The van der Waals surface area contributed by atoms with Crippen LogP contribution in [0.15, 0.2) is 18.2 Å². The van der Waals surface area contributed by atoms with Gasteiger partial charge in [-0.3, -0.25) is 4.79 Å². The molecule has 0 heterocycles. The summed E-state index contributed by atoms with van der Waals surface area (Å²) in [5.74, 6) is -1.21. The molecule has 0 saturated carbocycles. The normalized spacial score (nSPS) is 10.9. The first-order valence-corrected chi connectivity index (χ1v) is 6.29. The van der Waals surface area contributed by atoms with Crippen molar-refractivity contribution >= 4 is 34.8 Å². The molecule has 5 heteroatoms. The van der Waals surface area contributed by atoms with Crippen molar-refractivity contribution in [2.75, 3.05) is 0 Å². The average Bonchev–Trinajstić information content (AvgIpc) is 2.25. The number of Topliss-reactive ketones (excluding diaryl/α,β-unsaturated/α-hetero) is 1. The van der Waals surface area contributed by atoms with Gasteiger partial charge in [-0.25, -0.2) is 4.79 Å². The molecule has 0 aromatic heterocycles. The standard InChI is InChI=1S/C13H15IO4/c1-8-5-6-10(18-14)9(7-8)11(15)12(16)17-13(2,3)4/h5-7H,1-4H3. The van der Waals surface area contributed by atoms with Crippen molar-refractivity contribution in [3.05, 3.63) is 29.3 Å². The monoisotopic (exact) mass is 362 g/mol. The average molecular weight is 362 g/mol. The van der Waals surface area contributed by atoms with Crippen LogP contribution in [0.3, 0.4) is 0 Å². The second kappa shape index (κ2) is 5.69. The number of hydrogen-bond donors (Lipinski definition) is 0. The summed E-state index contributed by atoms with van der Waals surface area (Å²) in [7, 11) is 0. The van der Waals surface area contributed by atoms with E-state index >= 15 is 0 Å². The Balaban J connectivity index is 3.03. The van der Waals surface area contributed by atoms with Crippen LogP contribution in [0.5, 0.6) is 5.75 Å². The second-order valence-corrected chi connectivity index (χ2v) is 5.35. The number of rotatable bonds is 3. The summed E-state index contributed by atoms with van der Waals surface area (Å²) < 4.78 is 10.1. The topological polar surface area (TPSA) is 52.6 Å². The third kappa shape index (κ3) is 3.97. The summed E-state index contributed by atoms with van der Waals surface area (Å²) in [6.45, 7) is 6.97. The molecule has 0 unspecified atom stereocenters. The zero-order valence-electron chi connectivity index (χ0n) is 10.7. The third-order valence-electron chi connectivity index (χ3n) is 2.05. The zero-order chi connectivity index (χ0) is 13.9. The maximum absolute atomic E-state index is 12.0. The Kier molecular flexibility index (Phi) is 4.72. The van der Waals surface area contributed by atoms with E-state index in [4.69, 9.17) is 7.80 Å². The van der Waals surface area contributed by atoms with Gasteiger partial charge in [0, 0.05) is 0 Å². The van der Waals surface area contributed by atoms with E-state index in [1.807, 2.05) is 6.92 Å². The highest BCUT2D eigenvalue weighted by Crippen LogP contribution is 2.23. The molecule has 0 fully saturated rings. The molecule has 0 aliphatic carbocycles. The molecule has 1 aromatic rings. The van der Waals surface area contributed by atoms with E-state index < -0.39 is 17.4 Å². The van der Waals surface area contributed by atoms with Gasteiger partial charge in [0.2, 0.25) is 0 Å². The molecule has 18 heavy (non-hydrogen) atoms. The van der Waals surface area contributed by atoms with Gasteiger partial charge >= 0.3 is 5.97 Å². The molecule has 0 radical (unpaired) electrons. The molecular weight excluding hydrogens is 347 g/mol. The highest BCUT2D eigenvalue weighted by Gasteiger charge is 2.26. The van der Waals surface area contributed by atoms with Crippen LogP contribution in [0.4, 0.5) is 0 Å². The highest BCUT2D eigenvalue weighted by molar-refractivity contribution is 14.1. The molecule has 0 aliphatic rings. The van der Waals surface area contributed by atoms with Crippen LogP contribution in [0, 0.1) is 6.92 Å². The van der Waals surface area contributed by atoms with E-state index in [0.717, 1.165) is 5.56 Å². The van der Waals surface area contributed by atoms with Gasteiger partial charge < -0.3 is 7.80 Å². The first kappa shape index (κ1) is 14.9. The van der Waals surface area contributed by atoms with Gasteiger partial charge in [0.25, 0.3) is 5.78 Å². The first-order valence-electron chi connectivity index (χ1n) is 5.41. The molecule has 0 amide bonds. The molecule has 98 valence electrons. The quantitative estimate of drug-likeness (QED) is 0.359. The Morgan fingerprint density at radius 2 is 1.83 bits per heavy atom. The lowest BCUT2D eigenvalue weighted by atomic mass is 10.1. The number of ketones is 1. The summed E-state index contributed by atoms with van der Waals surface area (Å²) in [5.41, 5.74) is 0.403. The van der Waals surface area contributed by atoms with Crippen molar-refractivity contribution in [1.82, 2.24) is 0 Å². The van der Waals surface area contributed by atoms with E-state index in [0.29, 0.717) is 5.75 Å². The van der Waals surface area contributed by atoms with E-state index in [-0.39, 0.29) is 5.56 Å². The zero-order valence-corrected chi connectivity index (χ0v) is 12.9. The van der Waals surface area contributed by atoms with Crippen molar-refractivity contribution in [2.45, 2.75) is 33.3 Å². The lowest BCUT2D eigenvalue weighted by Gasteiger charge is -2.19. The second-order valence-electron chi connectivity index (χ2n) is 4.91. The highest BCUT2D eigenvalue weighted by atomic mass is 127. The molecular formula is C13H15IO4. The minimum Gasteiger partial charge on any atom is -0.454 e. The van der Waals surface area contributed by atoms with Crippen LogP contribution >= 0.6 is 23.0 Å². The van der Waals surface area contributed by atoms with Gasteiger partial charge in [0.1, 0.15) is 11.4 Å².